The third-order valence-corrected chi connectivity index (χ3v) is 3.70. The first-order chi connectivity index (χ1) is 13.1. The maximum Gasteiger partial charge on any atom is 0.339 e. The number of fused-ring (bicyclic) bond motifs is 1. The van der Waals surface area contributed by atoms with Crippen molar-refractivity contribution in [1.29, 1.82) is 5.26 Å². The number of nitrogens with zero attached hydrogens (tertiary/aromatic N) is 5. The molecule has 9 nitrogen and oxygen atoms in total. The van der Waals surface area contributed by atoms with E-state index < -0.39 is 5.97 Å². The number of aromatic nitrogens is 5. The first-order valence-electron chi connectivity index (χ1n) is 7.71. The van der Waals surface area contributed by atoms with Crippen molar-refractivity contribution >= 4 is 17.0 Å². The second-order valence-electron chi connectivity index (χ2n) is 5.44. The number of benzene rings is 1. The molecule has 9 heteroatoms. The van der Waals surface area contributed by atoms with Crippen LogP contribution in [0.5, 0.6) is 11.5 Å². The topological polar surface area (TPSA) is 138 Å². The number of ether oxygens (including phenoxy) is 1. The van der Waals surface area contributed by atoms with Crippen molar-refractivity contribution in [2.24, 2.45) is 0 Å². The van der Waals surface area contributed by atoms with E-state index in [0.717, 1.165) is 0 Å². The zero-order valence-corrected chi connectivity index (χ0v) is 13.6. The van der Waals surface area contributed by atoms with Crippen LogP contribution >= 0.6 is 0 Å². The first-order valence-corrected chi connectivity index (χ1v) is 7.71. The summed E-state index contributed by atoms with van der Waals surface area (Å²) >= 11 is 0. The number of nitriles is 1. The molecule has 4 rings (SSSR count). The van der Waals surface area contributed by atoms with Crippen molar-refractivity contribution in [1.82, 2.24) is 24.9 Å². The van der Waals surface area contributed by atoms with Crippen LogP contribution in [0.1, 0.15) is 16.1 Å². The van der Waals surface area contributed by atoms with Gasteiger partial charge in [-0.25, -0.2) is 19.7 Å². The molecule has 3 heterocycles. The zero-order chi connectivity index (χ0) is 18.8. The number of rotatable bonds is 4. The maximum absolute atomic E-state index is 11.6. The Balaban J connectivity index is 1.77. The number of carboxylic acid groups (broad SMARTS) is 1. The van der Waals surface area contributed by atoms with Gasteiger partial charge in [0.2, 0.25) is 0 Å². The molecule has 0 aliphatic carbocycles. The van der Waals surface area contributed by atoms with Crippen LogP contribution in [0, 0.1) is 11.3 Å². The van der Waals surface area contributed by atoms with Crippen LogP contribution in [0.25, 0.3) is 22.6 Å². The number of nitrogens with one attached hydrogen (secondary N) is 1. The van der Waals surface area contributed by atoms with Crippen molar-refractivity contribution in [3.05, 3.63) is 60.3 Å². The van der Waals surface area contributed by atoms with Gasteiger partial charge in [0.1, 0.15) is 34.5 Å². The Morgan fingerprint density at radius 2 is 2.07 bits per heavy atom. The van der Waals surface area contributed by atoms with Gasteiger partial charge < -0.3 is 14.8 Å². The molecule has 0 saturated carbocycles. The quantitative estimate of drug-likeness (QED) is 0.568. The minimum atomic E-state index is -1.15. The number of carboxylic acids is 1. The van der Waals surface area contributed by atoms with Gasteiger partial charge in [0, 0.05) is 18.5 Å². The minimum absolute atomic E-state index is 0.0406. The van der Waals surface area contributed by atoms with Crippen molar-refractivity contribution < 1.29 is 14.6 Å². The molecule has 0 radical (unpaired) electrons. The van der Waals surface area contributed by atoms with Gasteiger partial charge in [0.25, 0.3) is 0 Å². The largest absolute Gasteiger partial charge is 0.478 e. The fraction of sp³-hybridized carbons (Fsp3) is 0. The van der Waals surface area contributed by atoms with Crippen LogP contribution in [0.4, 0.5) is 0 Å². The Hall–Kier alpha value is -4.32. The number of carbonyl (C=O) groups is 1. The zero-order valence-electron chi connectivity index (χ0n) is 13.6. The van der Waals surface area contributed by atoms with Gasteiger partial charge >= 0.3 is 5.97 Å². The lowest BCUT2D eigenvalue weighted by Crippen LogP contribution is -2.00. The van der Waals surface area contributed by atoms with E-state index in [1.165, 1.54) is 36.7 Å². The molecule has 0 aliphatic heterocycles. The number of aromatic carboxylic acids is 1. The summed E-state index contributed by atoms with van der Waals surface area (Å²) in [4.78, 5) is 31.2. The molecule has 27 heavy (non-hydrogen) atoms. The Morgan fingerprint density at radius 1 is 1.19 bits per heavy atom. The summed E-state index contributed by atoms with van der Waals surface area (Å²) in [5.41, 5.74) is 1.76. The molecule has 0 bridgehead atoms. The minimum Gasteiger partial charge on any atom is -0.478 e. The van der Waals surface area contributed by atoms with E-state index in [-0.39, 0.29) is 17.0 Å². The summed E-state index contributed by atoms with van der Waals surface area (Å²) in [6, 6.07) is 7.89. The van der Waals surface area contributed by atoms with E-state index in [0.29, 0.717) is 28.3 Å². The number of hydrogen-bond donors (Lipinski definition) is 2. The van der Waals surface area contributed by atoms with E-state index in [4.69, 9.17) is 10.00 Å². The number of pyridine rings is 1. The van der Waals surface area contributed by atoms with Crippen molar-refractivity contribution in [3.8, 4) is 29.1 Å². The Labute approximate surface area is 152 Å². The lowest BCUT2D eigenvalue weighted by molar-refractivity contribution is 0.0694. The van der Waals surface area contributed by atoms with Gasteiger partial charge in [-0.3, -0.25) is 4.98 Å². The first kappa shape index (κ1) is 16.2. The van der Waals surface area contributed by atoms with Crippen molar-refractivity contribution in [3.63, 3.8) is 0 Å². The van der Waals surface area contributed by atoms with Gasteiger partial charge in [-0.15, -0.1) is 0 Å². The lowest BCUT2D eigenvalue weighted by atomic mass is 10.1. The summed E-state index contributed by atoms with van der Waals surface area (Å²) in [7, 11) is 0. The van der Waals surface area contributed by atoms with Crippen LogP contribution < -0.4 is 4.74 Å². The number of hydrogen-bond acceptors (Lipinski definition) is 7. The molecule has 0 saturated heterocycles. The SMILES string of the molecule is N#Cc1ccc(Oc2cc3nc(-c4cnccn4)[nH]c3cc2C(=O)O)cn1. The van der Waals surface area contributed by atoms with E-state index in [1.54, 1.807) is 12.4 Å². The molecule has 0 spiro atoms. The molecular weight excluding hydrogens is 348 g/mol. The summed E-state index contributed by atoms with van der Waals surface area (Å²) in [5, 5.41) is 18.3. The van der Waals surface area contributed by atoms with Gasteiger partial charge in [-0.1, -0.05) is 0 Å². The number of imidazole rings is 1. The highest BCUT2D eigenvalue weighted by Gasteiger charge is 2.17. The molecule has 3 aromatic heterocycles. The molecule has 130 valence electrons. The van der Waals surface area contributed by atoms with Crippen molar-refractivity contribution in [2.45, 2.75) is 0 Å². The van der Waals surface area contributed by atoms with E-state index in [1.807, 2.05) is 6.07 Å². The average molecular weight is 358 g/mol. The summed E-state index contributed by atoms with van der Waals surface area (Å²) < 4.78 is 5.66. The van der Waals surface area contributed by atoms with Crippen LogP contribution in [-0.4, -0.2) is 36.0 Å². The van der Waals surface area contributed by atoms with Crippen LogP contribution in [0.2, 0.25) is 0 Å². The Bertz CT molecular complexity index is 1180. The van der Waals surface area contributed by atoms with E-state index in [9.17, 15) is 9.90 Å². The van der Waals surface area contributed by atoms with E-state index in [2.05, 4.69) is 24.9 Å². The summed E-state index contributed by atoms with van der Waals surface area (Å²) in [6.45, 7) is 0. The molecule has 4 aromatic rings. The maximum atomic E-state index is 11.6. The monoisotopic (exact) mass is 358 g/mol. The van der Waals surface area contributed by atoms with Crippen LogP contribution in [0.3, 0.4) is 0 Å². The second-order valence-corrected chi connectivity index (χ2v) is 5.44. The Morgan fingerprint density at radius 3 is 2.74 bits per heavy atom. The standard InChI is InChI=1S/C18H10N6O3/c19-7-10-1-2-11(8-22-10)27-16-6-14-13(5-12(16)18(25)26)23-17(24-14)15-9-20-3-4-21-15/h1-6,8-9H,(H,23,24)(H,25,26). The van der Waals surface area contributed by atoms with Crippen LogP contribution in [0.15, 0.2) is 49.1 Å². The molecule has 0 atom stereocenters. The third-order valence-electron chi connectivity index (χ3n) is 3.70. The summed E-state index contributed by atoms with van der Waals surface area (Å²) in [6.07, 6.45) is 5.99. The highest BCUT2D eigenvalue weighted by Crippen LogP contribution is 2.30. The van der Waals surface area contributed by atoms with Gasteiger partial charge in [0.05, 0.1) is 23.4 Å². The predicted octanol–water partition coefficient (Wildman–Crippen LogP) is 2.78. The predicted molar refractivity (Wildman–Crippen MR) is 93.1 cm³/mol. The molecule has 1 aromatic carbocycles. The molecule has 2 N–H and O–H groups in total. The normalized spacial score (nSPS) is 10.5. The second kappa shape index (κ2) is 6.53. The third kappa shape index (κ3) is 3.14. The fourth-order valence-corrected chi connectivity index (χ4v) is 2.47. The Kier molecular flexibility index (Phi) is 3.91. The van der Waals surface area contributed by atoms with Crippen LogP contribution in [-0.2, 0) is 0 Å². The number of H-pyrrole nitrogens is 1. The molecule has 0 fully saturated rings. The molecule has 0 aliphatic rings. The summed E-state index contributed by atoms with van der Waals surface area (Å²) in [5.74, 6) is -0.268. The van der Waals surface area contributed by atoms with Gasteiger partial charge in [-0.2, -0.15) is 5.26 Å². The molecule has 0 amide bonds. The lowest BCUT2D eigenvalue weighted by Gasteiger charge is -2.08. The highest BCUT2D eigenvalue weighted by molar-refractivity contribution is 5.96. The van der Waals surface area contributed by atoms with Gasteiger partial charge in [0.15, 0.2) is 5.82 Å². The van der Waals surface area contributed by atoms with Gasteiger partial charge in [-0.05, 0) is 18.2 Å². The molecule has 0 unspecified atom stereocenters. The van der Waals surface area contributed by atoms with Crippen molar-refractivity contribution in [2.75, 3.05) is 0 Å². The average Bonchev–Trinajstić information content (AvgIpc) is 3.11. The fourth-order valence-electron chi connectivity index (χ4n) is 2.47. The van der Waals surface area contributed by atoms with E-state index >= 15 is 0 Å². The highest BCUT2D eigenvalue weighted by atomic mass is 16.5. The molecular formula is C18H10N6O3. The number of aromatic amines is 1. The smallest absolute Gasteiger partial charge is 0.339 e.